The fraction of sp³-hybridized carbons (Fsp3) is 0.115. The van der Waals surface area contributed by atoms with E-state index in [2.05, 4.69) is 10.0 Å². The summed E-state index contributed by atoms with van der Waals surface area (Å²) >= 11 is 0. The molecule has 0 saturated carbocycles. The predicted molar refractivity (Wildman–Crippen MR) is 140 cm³/mol. The molecule has 0 atom stereocenters. The Labute approximate surface area is 208 Å². The van der Waals surface area contributed by atoms with Gasteiger partial charge in [-0.25, -0.2) is 8.42 Å². The van der Waals surface area contributed by atoms with Crippen molar-refractivity contribution in [3.8, 4) is 0 Å². The molecule has 0 saturated heterocycles. The number of sulfonamides is 1. The van der Waals surface area contributed by atoms with Crippen LogP contribution in [0.4, 0.5) is 5.69 Å². The Morgan fingerprint density at radius 3 is 2.28 bits per heavy atom. The van der Waals surface area contributed by atoms with E-state index in [4.69, 9.17) is 11.1 Å². The molecule has 0 aliphatic heterocycles. The average molecular weight is 504 g/mol. The van der Waals surface area contributed by atoms with E-state index in [1.165, 1.54) is 10.6 Å². The largest absolute Gasteiger partial charge is 0.384 e. The minimum Gasteiger partial charge on any atom is -0.384 e. The molecule has 0 radical (unpaired) electrons. The maximum absolute atomic E-state index is 13.2. The van der Waals surface area contributed by atoms with Gasteiger partial charge in [-0.05, 0) is 23.3 Å². The molecule has 36 heavy (non-hydrogen) atoms. The molecule has 0 unspecified atom stereocenters. The summed E-state index contributed by atoms with van der Waals surface area (Å²) in [6, 6.07) is 24.0. The molecule has 184 valence electrons. The summed E-state index contributed by atoms with van der Waals surface area (Å²) < 4.78 is 29.2. The lowest BCUT2D eigenvalue weighted by molar-refractivity contribution is -0.121. The Hall–Kier alpha value is -4.44. The van der Waals surface area contributed by atoms with Crippen molar-refractivity contribution < 1.29 is 13.2 Å². The van der Waals surface area contributed by atoms with Gasteiger partial charge in [0.2, 0.25) is 15.9 Å². The Bertz CT molecular complexity index is 1580. The standard InChI is InChI=1S/C26H25N5O4S/c27-25(28)20-12-10-18(11-13-20)15-29-24(32)16-31-23-9-5-4-8-21(23)14-22(26(31)33)30-36(34,35)17-19-6-2-1-3-7-19/h1-14,30H,15-17H2,(H3,27,28)(H,29,32). The lowest BCUT2D eigenvalue weighted by Gasteiger charge is -2.14. The highest BCUT2D eigenvalue weighted by Crippen LogP contribution is 2.18. The molecule has 5 N–H and O–H groups in total. The minimum absolute atomic E-state index is 0.0453. The fourth-order valence-electron chi connectivity index (χ4n) is 3.76. The van der Waals surface area contributed by atoms with Crippen LogP contribution in [-0.4, -0.2) is 24.7 Å². The van der Waals surface area contributed by atoms with E-state index in [0.717, 1.165) is 5.56 Å². The number of hydrogen-bond donors (Lipinski definition) is 4. The third-order valence-corrected chi connectivity index (χ3v) is 6.77. The number of nitrogens with zero attached hydrogens (tertiary/aromatic N) is 1. The van der Waals surface area contributed by atoms with E-state index in [9.17, 15) is 18.0 Å². The van der Waals surface area contributed by atoms with Crippen LogP contribution < -0.4 is 21.3 Å². The molecule has 4 aromatic rings. The van der Waals surface area contributed by atoms with Crippen LogP contribution in [-0.2, 0) is 33.7 Å². The van der Waals surface area contributed by atoms with Crippen molar-refractivity contribution in [1.29, 1.82) is 5.41 Å². The van der Waals surface area contributed by atoms with Gasteiger partial charge in [-0.3, -0.25) is 24.3 Å². The SMILES string of the molecule is N=C(N)c1ccc(CNC(=O)Cn2c(=O)c(NS(=O)(=O)Cc3ccccc3)cc3ccccc32)cc1. The van der Waals surface area contributed by atoms with E-state index >= 15 is 0 Å². The number of rotatable bonds is 9. The Balaban J connectivity index is 1.55. The first kappa shape index (κ1) is 24.7. The first-order valence-electron chi connectivity index (χ1n) is 11.1. The van der Waals surface area contributed by atoms with Crippen LogP contribution in [0.1, 0.15) is 16.7 Å². The number of aromatic nitrogens is 1. The topological polar surface area (TPSA) is 147 Å². The summed E-state index contributed by atoms with van der Waals surface area (Å²) in [6.07, 6.45) is 0. The first-order chi connectivity index (χ1) is 17.2. The summed E-state index contributed by atoms with van der Waals surface area (Å²) in [7, 11) is -3.87. The van der Waals surface area contributed by atoms with Gasteiger partial charge in [0.05, 0.1) is 11.3 Å². The molecule has 3 aromatic carbocycles. The van der Waals surface area contributed by atoms with Crippen LogP contribution in [0.15, 0.2) is 89.7 Å². The Morgan fingerprint density at radius 1 is 0.917 bits per heavy atom. The highest BCUT2D eigenvalue weighted by molar-refractivity contribution is 7.91. The van der Waals surface area contributed by atoms with Crippen LogP contribution in [0.3, 0.4) is 0 Å². The van der Waals surface area contributed by atoms with E-state index < -0.39 is 21.5 Å². The normalized spacial score (nSPS) is 11.2. The number of para-hydroxylation sites is 1. The lowest BCUT2D eigenvalue weighted by Crippen LogP contribution is -2.33. The van der Waals surface area contributed by atoms with E-state index in [1.807, 2.05) is 0 Å². The number of anilines is 1. The van der Waals surface area contributed by atoms with Gasteiger partial charge in [0.1, 0.15) is 18.1 Å². The number of nitrogens with one attached hydrogen (secondary N) is 3. The predicted octanol–water partition coefficient (Wildman–Crippen LogP) is 2.54. The van der Waals surface area contributed by atoms with E-state index in [1.54, 1.807) is 78.9 Å². The molecule has 10 heteroatoms. The summed E-state index contributed by atoms with van der Waals surface area (Å²) in [5.74, 6) is -0.749. The molecule has 0 fully saturated rings. The summed E-state index contributed by atoms with van der Waals surface area (Å²) in [5, 5.41) is 10.8. The third-order valence-electron chi connectivity index (χ3n) is 5.52. The molecule has 0 aliphatic rings. The summed E-state index contributed by atoms with van der Waals surface area (Å²) in [6.45, 7) is -0.0772. The molecule has 1 heterocycles. The second-order valence-electron chi connectivity index (χ2n) is 8.24. The fourth-order valence-corrected chi connectivity index (χ4v) is 4.94. The zero-order chi connectivity index (χ0) is 25.7. The average Bonchev–Trinajstić information content (AvgIpc) is 2.85. The number of pyridine rings is 1. The van der Waals surface area contributed by atoms with Crippen molar-refractivity contribution in [3.05, 3.63) is 112 Å². The maximum atomic E-state index is 13.2. The van der Waals surface area contributed by atoms with Crippen LogP contribution >= 0.6 is 0 Å². The number of nitrogen functional groups attached to an aromatic ring is 1. The van der Waals surface area contributed by atoms with Gasteiger partial charge < -0.3 is 11.1 Å². The summed E-state index contributed by atoms with van der Waals surface area (Å²) in [4.78, 5) is 26.0. The van der Waals surface area contributed by atoms with Gasteiger partial charge in [-0.15, -0.1) is 0 Å². The van der Waals surface area contributed by atoms with Crippen molar-refractivity contribution in [1.82, 2.24) is 9.88 Å². The van der Waals surface area contributed by atoms with Crippen molar-refractivity contribution in [2.45, 2.75) is 18.8 Å². The number of carbonyl (C=O) groups is 1. The molecule has 0 spiro atoms. The first-order valence-corrected chi connectivity index (χ1v) is 12.7. The van der Waals surface area contributed by atoms with Crippen molar-refractivity contribution in [2.75, 3.05) is 4.72 Å². The molecule has 0 aliphatic carbocycles. The van der Waals surface area contributed by atoms with Crippen molar-refractivity contribution in [3.63, 3.8) is 0 Å². The molecule has 9 nitrogen and oxygen atoms in total. The van der Waals surface area contributed by atoms with Crippen LogP contribution in [0.25, 0.3) is 10.9 Å². The van der Waals surface area contributed by atoms with Gasteiger partial charge in [0.25, 0.3) is 5.56 Å². The molecular weight excluding hydrogens is 478 g/mol. The van der Waals surface area contributed by atoms with Crippen molar-refractivity contribution >= 4 is 38.4 Å². The van der Waals surface area contributed by atoms with Gasteiger partial charge in [0, 0.05) is 17.5 Å². The number of nitrogens with two attached hydrogens (primary N) is 1. The number of carbonyl (C=O) groups excluding carboxylic acids is 1. The second-order valence-corrected chi connectivity index (χ2v) is 9.96. The zero-order valence-electron chi connectivity index (χ0n) is 19.3. The molecule has 1 aromatic heterocycles. The highest BCUT2D eigenvalue weighted by Gasteiger charge is 2.18. The zero-order valence-corrected chi connectivity index (χ0v) is 20.1. The number of fused-ring (bicyclic) bond motifs is 1. The third kappa shape index (κ3) is 5.97. The number of amides is 1. The number of benzene rings is 3. The quantitative estimate of drug-likeness (QED) is 0.205. The molecular formula is C26H25N5O4S. The van der Waals surface area contributed by atoms with Crippen LogP contribution in [0.2, 0.25) is 0 Å². The maximum Gasteiger partial charge on any atom is 0.275 e. The Kier molecular flexibility index (Phi) is 7.16. The van der Waals surface area contributed by atoms with Gasteiger partial charge in [-0.1, -0.05) is 72.8 Å². The second kappa shape index (κ2) is 10.4. The van der Waals surface area contributed by atoms with Crippen molar-refractivity contribution in [2.24, 2.45) is 5.73 Å². The number of hydrogen-bond acceptors (Lipinski definition) is 5. The summed E-state index contributed by atoms with van der Waals surface area (Å²) in [5.41, 5.74) is 7.18. The van der Waals surface area contributed by atoms with Crippen LogP contribution in [0.5, 0.6) is 0 Å². The van der Waals surface area contributed by atoms with Crippen LogP contribution in [0, 0.1) is 5.41 Å². The molecule has 0 bridgehead atoms. The van der Waals surface area contributed by atoms with Gasteiger partial charge in [0.15, 0.2) is 0 Å². The number of amidine groups is 1. The van der Waals surface area contributed by atoms with E-state index in [0.29, 0.717) is 22.0 Å². The van der Waals surface area contributed by atoms with E-state index in [-0.39, 0.29) is 30.4 Å². The Morgan fingerprint density at radius 2 is 1.58 bits per heavy atom. The van der Waals surface area contributed by atoms with Gasteiger partial charge >= 0.3 is 0 Å². The smallest absolute Gasteiger partial charge is 0.275 e. The minimum atomic E-state index is -3.87. The monoisotopic (exact) mass is 503 g/mol. The molecule has 4 rings (SSSR count). The lowest BCUT2D eigenvalue weighted by atomic mass is 10.1. The van der Waals surface area contributed by atoms with Gasteiger partial charge in [-0.2, -0.15) is 0 Å². The highest BCUT2D eigenvalue weighted by atomic mass is 32.2. The molecule has 1 amide bonds.